The maximum absolute atomic E-state index is 12.6. The van der Waals surface area contributed by atoms with E-state index in [0.717, 1.165) is 19.3 Å². The highest BCUT2D eigenvalue weighted by Gasteiger charge is 2.82. The van der Waals surface area contributed by atoms with Crippen molar-refractivity contribution in [2.75, 3.05) is 20.7 Å². The lowest BCUT2D eigenvalue weighted by Crippen LogP contribution is -2.61. The summed E-state index contributed by atoms with van der Waals surface area (Å²) in [5, 5.41) is 25.5. The van der Waals surface area contributed by atoms with Gasteiger partial charge in [0.05, 0.1) is 12.7 Å². The second-order valence-electron chi connectivity index (χ2n) is 14.6. The molecule has 2 spiro atoms. The standard InChI is InChI=1S/C30H50N2O3/c1-18(2)25(35)31-23-11-12-29-16-30(29)14-13-27(5)24(19(3)32(7)8)20(34)15-28(27,6)22(30)10-9-21(29)26(23,4)17-33/h9-10,18-24,33-34H,11-17H2,1-8H3,(H,31,35)/t19-,20+,21-,22-,23-,24-,26+,27+,28-,29+,30-/m0/s1. The summed E-state index contributed by atoms with van der Waals surface area (Å²) in [5.41, 5.74) is 0.342. The molecule has 5 aliphatic carbocycles. The van der Waals surface area contributed by atoms with E-state index < -0.39 is 0 Å². The molecule has 4 saturated carbocycles. The smallest absolute Gasteiger partial charge is 0.222 e. The quantitative estimate of drug-likeness (QED) is 0.509. The summed E-state index contributed by atoms with van der Waals surface area (Å²) < 4.78 is 0. The highest BCUT2D eigenvalue weighted by molar-refractivity contribution is 5.78. The van der Waals surface area contributed by atoms with Gasteiger partial charge in [-0.25, -0.2) is 0 Å². The normalized spacial score (nSPS) is 53.0. The van der Waals surface area contributed by atoms with Gasteiger partial charge in [0.1, 0.15) is 0 Å². The summed E-state index contributed by atoms with van der Waals surface area (Å²) >= 11 is 0. The van der Waals surface area contributed by atoms with Crippen LogP contribution in [0.3, 0.4) is 0 Å². The van der Waals surface area contributed by atoms with Crippen molar-refractivity contribution in [2.24, 2.45) is 50.7 Å². The van der Waals surface area contributed by atoms with Crippen molar-refractivity contribution < 1.29 is 15.0 Å². The third kappa shape index (κ3) is 3.01. The second-order valence-corrected chi connectivity index (χ2v) is 14.6. The van der Waals surface area contributed by atoms with Gasteiger partial charge in [-0.2, -0.15) is 0 Å². The number of aliphatic hydroxyl groups excluding tert-OH is 2. The molecule has 5 aliphatic rings. The summed E-state index contributed by atoms with van der Waals surface area (Å²) in [7, 11) is 4.29. The van der Waals surface area contributed by atoms with Crippen LogP contribution in [0.15, 0.2) is 12.2 Å². The molecule has 198 valence electrons. The molecule has 0 radical (unpaired) electrons. The van der Waals surface area contributed by atoms with Crippen molar-refractivity contribution >= 4 is 5.91 Å². The van der Waals surface area contributed by atoms with Gasteiger partial charge >= 0.3 is 0 Å². The first kappa shape index (κ1) is 25.7. The van der Waals surface area contributed by atoms with Crippen molar-refractivity contribution in [1.29, 1.82) is 0 Å². The minimum Gasteiger partial charge on any atom is -0.396 e. The predicted molar refractivity (Wildman–Crippen MR) is 140 cm³/mol. The Kier molecular flexibility index (Phi) is 5.73. The summed E-state index contributed by atoms with van der Waals surface area (Å²) in [6, 6.07) is 0.358. The largest absolute Gasteiger partial charge is 0.396 e. The fraction of sp³-hybridized carbons (Fsp3) is 0.900. The number of fused-ring (bicyclic) bond motifs is 2. The van der Waals surface area contributed by atoms with Crippen LogP contribution in [-0.2, 0) is 4.79 Å². The van der Waals surface area contributed by atoms with Gasteiger partial charge in [0.15, 0.2) is 0 Å². The van der Waals surface area contributed by atoms with Gasteiger partial charge in [-0.05, 0) is 93.0 Å². The number of carbonyl (C=O) groups is 1. The Morgan fingerprint density at radius 3 is 2.26 bits per heavy atom. The Morgan fingerprint density at radius 2 is 1.66 bits per heavy atom. The summed E-state index contributed by atoms with van der Waals surface area (Å²) in [6.07, 6.45) is 11.3. The zero-order chi connectivity index (χ0) is 25.8. The predicted octanol–water partition coefficient (Wildman–Crippen LogP) is 4.24. The highest BCUT2D eigenvalue weighted by atomic mass is 16.3. The maximum Gasteiger partial charge on any atom is 0.222 e. The SMILES string of the molecule is CC(C)C(=O)N[C@H]1CC[C@]23C[C@]24CC[C@]2(C)[C@@H]([C@H](C)N(C)C)[C@H](O)C[C@@]2(C)[C@@H]4C=C[C@H]3[C@@]1(C)CO. The number of amides is 1. The maximum atomic E-state index is 12.6. The van der Waals surface area contributed by atoms with E-state index in [2.05, 4.69) is 64.2 Å². The Balaban J connectivity index is 1.51. The minimum atomic E-state index is -0.341. The van der Waals surface area contributed by atoms with Crippen LogP contribution in [0.25, 0.3) is 0 Å². The monoisotopic (exact) mass is 486 g/mol. The first-order valence-corrected chi connectivity index (χ1v) is 14.2. The molecule has 0 saturated heterocycles. The van der Waals surface area contributed by atoms with Crippen LogP contribution in [0.4, 0.5) is 0 Å². The molecule has 5 nitrogen and oxygen atoms in total. The molecule has 0 aromatic heterocycles. The molecule has 3 N–H and O–H groups in total. The average molecular weight is 487 g/mol. The molecule has 1 amide bonds. The molecule has 35 heavy (non-hydrogen) atoms. The Labute approximate surface area is 213 Å². The van der Waals surface area contributed by atoms with Gasteiger partial charge in [0, 0.05) is 29.3 Å². The van der Waals surface area contributed by atoms with Gasteiger partial charge in [0.2, 0.25) is 5.91 Å². The lowest BCUT2D eigenvalue weighted by Gasteiger charge is -2.61. The molecule has 5 rings (SSSR count). The highest BCUT2D eigenvalue weighted by Crippen LogP contribution is 2.87. The number of hydrogen-bond donors (Lipinski definition) is 3. The van der Waals surface area contributed by atoms with Crippen molar-refractivity contribution in [3.63, 3.8) is 0 Å². The second kappa shape index (κ2) is 7.80. The third-order valence-corrected chi connectivity index (χ3v) is 13.0. The molecule has 5 heteroatoms. The molecule has 0 unspecified atom stereocenters. The Hall–Kier alpha value is -0.910. The van der Waals surface area contributed by atoms with Gasteiger partial charge in [-0.15, -0.1) is 0 Å². The molecule has 0 aromatic rings. The number of aliphatic hydroxyl groups is 2. The lowest BCUT2D eigenvalue weighted by atomic mass is 9.43. The van der Waals surface area contributed by atoms with Crippen LogP contribution in [0.5, 0.6) is 0 Å². The molecule has 11 atom stereocenters. The zero-order valence-corrected chi connectivity index (χ0v) is 23.4. The van der Waals surface area contributed by atoms with Crippen molar-refractivity contribution in [3.8, 4) is 0 Å². The van der Waals surface area contributed by atoms with Crippen LogP contribution < -0.4 is 5.32 Å². The van der Waals surface area contributed by atoms with E-state index in [4.69, 9.17) is 0 Å². The van der Waals surface area contributed by atoms with Crippen LogP contribution in [-0.4, -0.2) is 59.9 Å². The van der Waals surface area contributed by atoms with Gasteiger partial charge in [0.25, 0.3) is 0 Å². The first-order valence-electron chi connectivity index (χ1n) is 14.2. The number of hydrogen-bond acceptors (Lipinski definition) is 4. The number of nitrogens with one attached hydrogen (secondary N) is 1. The fourth-order valence-corrected chi connectivity index (χ4v) is 10.5. The van der Waals surface area contributed by atoms with Crippen LogP contribution in [0, 0.1) is 50.7 Å². The van der Waals surface area contributed by atoms with Gasteiger partial charge < -0.3 is 20.4 Å². The van der Waals surface area contributed by atoms with Gasteiger partial charge in [-0.1, -0.05) is 46.8 Å². The fourth-order valence-electron chi connectivity index (χ4n) is 10.5. The van der Waals surface area contributed by atoms with E-state index in [0.29, 0.717) is 17.9 Å². The summed E-state index contributed by atoms with van der Waals surface area (Å²) in [4.78, 5) is 14.9. The van der Waals surface area contributed by atoms with Crippen molar-refractivity contribution in [1.82, 2.24) is 10.2 Å². The van der Waals surface area contributed by atoms with E-state index in [-0.39, 0.29) is 63.6 Å². The zero-order valence-electron chi connectivity index (χ0n) is 23.4. The number of nitrogens with zero attached hydrogens (tertiary/aromatic N) is 1. The number of allylic oxidation sites excluding steroid dienone is 2. The summed E-state index contributed by atoms with van der Waals surface area (Å²) in [5.74, 6) is 1.10. The van der Waals surface area contributed by atoms with E-state index in [1.54, 1.807) is 0 Å². The molecular weight excluding hydrogens is 436 g/mol. The third-order valence-electron chi connectivity index (χ3n) is 13.0. The van der Waals surface area contributed by atoms with Crippen LogP contribution in [0.2, 0.25) is 0 Å². The number of rotatable bonds is 5. The van der Waals surface area contributed by atoms with E-state index in [1.165, 1.54) is 19.3 Å². The minimum absolute atomic E-state index is 0.0138. The van der Waals surface area contributed by atoms with Crippen LogP contribution >= 0.6 is 0 Å². The average Bonchev–Trinajstić information content (AvgIpc) is 3.40. The van der Waals surface area contributed by atoms with E-state index in [9.17, 15) is 15.0 Å². The van der Waals surface area contributed by atoms with E-state index >= 15 is 0 Å². The Bertz CT molecular complexity index is 917. The lowest BCUT2D eigenvalue weighted by molar-refractivity contribution is -0.131. The van der Waals surface area contributed by atoms with Crippen molar-refractivity contribution in [3.05, 3.63) is 12.2 Å². The molecule has 0 aliphatic heterocycles. The Morgan fingerprint density at radius 1 is 1.03 bits per heavy atom. The van der Waals surface area contributed by atoms with Gasteiger partial charge in [-0.3, -0.25) is 4.79 Å². The molecule has 0 heterocycles. The molecule has 0 bridgehead atoms. The van der Waals surface area contributed by atoms with Crippen molar-refractivity contribution in [2.45, 2.75) is 98.3 Å². The first-order chi connectivity index (χ1) is 16.2. The topological polar surface area (TPSA) is 72.8 Å². The molecule has 0 aromatic carbocycles. The molecule has 4 fully saturated rings. The molecular formula is C30H50N2O3. The number of carbonyl (C=O) groups excluding carboxylic acids is 1. The summed E-state index contributed by atoms with van der Waals surface area (Å²) in [6.45, 7) is 13.5. The van der Waals surface area contributed by atoms with E-state index in [1.807, 2.05) is 13.8 Å². The van der Waals surface area contributed by atoms with Crippen LogP contribution in [0.1, 0.15) is 80.1 Å².